The normalized spacial score (nSPS) is 35.1. The minimum absolute atomic E-state index is 0.00289. The molecule has 59 heavy (non-hydrogen) atoms. The molecule has 1 amide bonds. The first-order chi connectivity index (χ1) is 27.3. The van der Waals surface area contributed by atoms with Crippen molar-refractivity contribution in [1.29, 1.82) is 0 Å². The summed E-state index contributed by atoms with van der Waals surface area (Å²) in [6.07, 6.45) is -6.30. The van der Waals surface area contributed by atoms with E-state index in [-0.39, 0.29) is 35.7 Å². The topological polar surface area (TPSA) is 201 Å². The summed E-state index contributed by atoms with van der Waals surface area (Å²) in [7, 11) is 0. The summed E-state index contributed by atoms with van der Waals surface area (Å²) >= 11 is 0. The van der Waals surface area contributed by atoms with Crippen molar-refractivity contribution < 1.29 is 62.7 Å². The van der Waals surface area contributed by atoms with Crippen LogP contribution in [0.5, 0.6) is 0 Å². The van der Waals surface area contributed by atoms with Gasteiger partial charge in [-0.1, -0.05) is 45.9 Å². The maximum atomic E-state index is 15.5. The summed E-state index contributed by atoms with van der Waals surface area (Å²) in [4.78, 5) is 82.8. The van der Waals surface area contributed by atoms with E-state index in [1.807, 2.05) is 27.7 Å². The molecule has 5 aliphatic carbocycles. The van der Waals surface area contributed by atoms with Crippen LogP contribution in [0.1, 0.15) is 119 Å². The number of Topliss-reactive ketones (excluding diaryl/α,β-unsaturated/α-hetero) is 1. The number of amides is 1. The molecular weight excluding hydrogens is 762 g/mol. The molecule has 5 aliphatic rings. The lowest BCUT2D eigenvalue weighted by molar-refractivity contribution is -0.275. The van der Waals surface area contributed by atoms with E-state index in [2.05, 4.69) is 5.32 Å². The van der Waals surface area contributed by atoms with E-state index in [4.69, 9.17) is 23.7 Å². The number of hydrogen-bond acceptors (Lipinski definition) is 13. The van der Waals surface area contributed by atoms with Crippen LogP contribution in [0.3, 0.4) is 0 Å². The Morgan fingerprint density at radius 3 is 2.07 bits per heavy atom. The largest absolute Gasteiger partial charge is 0.458 e. The molecule has 0 aliphatic heterocycles. The second-order valence-corrected chi connectivity index (χ2v) is 19.9. The molecule has 3 N–H and O–H groups in total. The Bertz CT molecular complexity index is 1910. The third kappa shape index (κ3) is 7.91. The number of ketones is 1. The molecule has 12 atom stereocenters. The van der Waals surface area contributed by atoms with Gasteiger partial charge in [0.05, 0.1) is 29.0 Å². The van der Waals surface area contributed by atoms with Crippen molar-refractivity contribution >= 4 is 35.8 Å². The van der Waals surface area contributed by atoms with Gasteiger partial charge >= 0.3 is 30.0 Å². The van der Waals surface area contributed by atoms with Crippen LogP contribution in [0, 0.1) is 39.9 Å². The van der Waals surface area contributed by atoms with Crippen LogP contribution in [0.2, 0.25) is 0 Å². The Kier molecular flexibility index (Phi) is 11.5. The lowest BCUT2D eigenvalue weighted by Gasteiger charge is -2.66. The molecule has 0 saturated heterocycles. The number of alkyl carbamates (subject to hydrolysis) is 1. The highest BCUT2D eigenvalue weighted by Crippen LogP contribution is 2.66. The van der Waals surface area contributed by atoms with Crippen molar-refractivity contribution in [3.63, 3.8) is 0 Å². The monoisotopic (exact) mass is 823 g/mol. The highest BCUT2D eigenvalue weighted by atomic mass is 16.6. The summed E-state index contributed by atoms with van der Waals surface area (Å²) in [5.74, 6) is -6.43. The van der Waals surface area contributed by atoms with Gasteiger partial charge < -0.3 is 39.2 Å². The Balaban J connectivity index is 1.49. The Hall–Kier alpha value is -4.30. The van der Waals surface area contributed by atoms with Crippen molar-refractivity contribution in [2.75, 3.05) is 0 Å². The smallest absolute Gasteiger partial charge is 0.407 e. The first-order valence-electron chi connectivity index (χ1n) is 20.7. The maximum Gasteiger partial charge on any atom is 0.407 e. The van der Waals surface area contributed by atoms with E-state index in [1.54, 1.807) is 65.0 Å². The molecule has 14 heteroatoms. The van der Waals surface area contributed by atoms with Crippen LogP contribution in [0.25, 0.3) is 0 Å². The number of carbonyl (C=O) groups excluding carboxylic acids is 6. The summed E-state index contributed by atoms with van der Waals surface area (Å²) in [5.41, 5.74) is -4.47. The maximum absolute atomic E-state index is 15.5. The summed E-state index contributed by atoms with van der Waals surface area (Å²) in [6, 6.07) is 7.23. The van der Waals surface area contributed by atoms with Crippen LogP contribution in [-0.4, -0.2) is 93.7 Å². The van der Waals surface area contributed by atoms with Gasteiger partial charge in [0, 0.05) is 25.7 Å². The van der Waals surface area contributed by atoms with E-state index >= 15 is 4.79 Å². The molecule has 6 rings (SSSR count). The van der Waals surface area contributed by atoms with Gasteiger partial charge in [0.25, 0.3) is 0 Å². The summed E-state index contributed by atoms with van der Waals surface area (Å²) in [5, 5.41) is 26.5. The van der Waals surface area contributed by atoms with Crippen LogP contribution in [-0.2, 0) is 42.9 Å². The second kappa shape index (κ2) is 15.3. The minimum Gasteiger partial charge on any atom is -0.458 e. The van der Waals surface area contributed by atoms with Gasteiger partial charge in [0.15, 0.2) is 18.0 Å². The Morgan fingerprint density at radius 2 is 1.54 bits per heavy atom. The zero-order chi connectivity index (χ0) is 43.8. The van der Waals surface area contributed by atoms with E-state index in [1.165, 1.54) is 13.8 Å². The van der Waals surface area contributed by atoms with Gasteiger partial charge in [-0.05, 0) is 107 Å². The van der Waals surface area contributed by atoms with E-state index in [9.17, 15) is 34.2 Å². The number of hydrogen-bond donors (Lipinski definition) is 3. The number of rotatable bonds is 9. The zero-order valence-corrected chi connectivity index (χ0v) is 36.1. The van der Waals surface area contributed by atoms with Crippen molar-refractivity contribution in [1.82, 2.24) is 5.32 Å². The molecule has 14 nitrogen and oxygen atoms in total. The van der Waals surface area contributed by atoms with Crippen LogP contribution in [0.15, 0.2) is 41.5 Å². The standard InChI is InChI=1S/C45H61NO13/c1-22-29(56-39(53)33(50)32(28-21-42(28,7)8)46-40(54)59-41(4,5)6)20-27-34(57-38(52)25-15-13-12-14-16-25)36-44(11,30(49)19-26-17-18-45(26,36)58-24(3)48)37(51)35(55-23(2)47)31(22)43(27,9)10/h12-16,26-30,32-36,49-50H,17-21H2,1-11H3,(H,46,54)/t26-,27?,28-,29+,30+,32+,33-,34-,35?,36+,44-,45+/m1/s1. The molecule has 2 unspecified atom stereocenters. The lowest BCUT2D eigenvalue weighted by Crippen LogP contribution is -2.75. The number of aliphatic hydroxyl groups is 2. The van der Waals surface area contributed by atoms with Gasteiger partial charge in [0.1, 0.15) is 23.4 Å². The van der Waals surface area contributed by atoms with Crippen molar-refractivity contribution in [3.8, 4) is 0 Å². The second-order valence-electron chi connectivity index (χ2n) is 19.9. The van der Waals surface area contributed by atoms with E-state index < -0.39 is 106 Å². The number of esters is 4. The van der Waals surface area contributed by atoms with Gasteiger partial charge in [-0.2, -0.15) is 0 Å². The molecule has 0 spiro atoms. The molecular formula is C45H61NO13. The van der Waals surface area contributed by atoms with Gasteiger partial charge in [-0.25, -0.2) is 14.4 Å². The molecule has 4 fully saturated rings. The van der Waals surface area contributed by atoms with Crippen molar-refractivity contribution in [2.45, 2.75) is 156 Å². The van der Waals surface area contributed by atoms with E-state index in [0.29, 0.717) is 30.4 Å². The van der Waals surface area contributed by atoms with Gasteiger partial charge in [-0.15, -0.1) is 0 Å². The predicted octanol–water partition coefficient (Wildman–Crippen LogP) is 5.40. The molecule has 0 heterocycles. The molecule has 4 saturated carbocycles. The van der Waals surface area contributed by atoms with Crippen molar-refractivity contribution in [3.05, 3.63) is 47.0 Å². The molecule has 0 aromatic heterocycles. The number of nitrogens with one attached hydrogen (secondary N) is 1. The molecule has 0 radical (unpaired) electrons. The van der Waals surface area contributed by atoms with Crippen LogP contribution in [0.4, 0.5) is 4.79 Å². The lowest BCUT2D eigenvalue weighted by atomic mass is 9.41. The average molecular weight is 824 g/mol. The molecule has 2 bridgehead atoms. The fourth-order valence-electron chi connectivity index (χ4n) is 11.0. The minimum atomic E-state index is -1.83. The third-order valence-corrected chi connectivity index (χ3v) is 14.1. The molecule has 324 valence electrons. The fourth-order valence-corrected chi connectivity index (χ4v) is 11.0. The number of carbonyl (C=O) groups is 6. The van der Waals surface area contributed by atoms with Crippen molar-refractivity contribution in [2.24, 2.45) is 39.9 Å². The first-order valence-corrected chi connectivity index (χ1v) is 20.7. The number of benzene rings is 1. The summed E-state index contributed by atoms with van der Waals surface area (Å²) in [6.45, 7) is 18.4. The van der Waals surface area contributed by atoms with Crippen LogP contribution >= 0.6 is 0 Å². The Morgan fingerprint density at radius 1 is 0.915 bits per heavy atom. The third-order valence-electron chi connectivity index (χ3n) is 14.1. The predicted molar refractivity (Wildman–Crippen MR) is 211 cm³/mol. The highest BCUT2D eigenvalue weighted by molar-refractivity contribution is 5.95. The average Bonchev–Trinajstić information content (AvgIpc) is 3.76. The van der Waals surface area contributed by atoms with E-state index in [0.717, 1.165) is 0 Å². The Labute approximate surface area is 346 Å². The van der Waals surface area contributed by atoms with Crippen LogP contribution < -0.4 is 5.32 Å². The number of fused-ring (bicyclic) bond motifs is 5. The molecule has 1 aromatic carbocycles. The molecule has 1 aromatic rings. The summed E-state index contributed by atoms with van der Waals surface area (Å²) < 4.78 is 30.4. The van der Waals surface area contributed by atoms with Gasteiger partial charge in [0.2, 0.25) is 0 Å². The number of aliphatic hydroxyl groups excluding tert-OH is 2. The van der Waals surface area contributed by atoms with Gasteiger partial charge in [-0.3, -0.25) is 14.4 Å². The number of ether oxygens (including phenoxy) is 5. The zero-order valence-electron chi connectivity index (χ0n) is 36.1. The fraction of sp³-hybridized carbons (Fsp3) is 0.689. The quantitative estimate of drug-likeness (QED) is 0.163. The SMILES string of the molecule is CC(=O)OC1C(=O)[C@@]2(C)[C@H]([C@H](OC(=O)c3ccccc3)C3C[C@H](OC(=O)[C@H](O)[C@@H](NC(=O)OC(C)(C)C)[C@H]4CC4(C)C)C(C)=C1C3(C)C)[C@]1(OC(C)=O)CC[C@@H]1C[C@@H]2O. The highest BCUT2D eigenvalue weighted by Gasteiger charge is 2.74. The first kappa shape index (κ1) is 44.3.